The number of hydrogen-bond acceptors (Lipinski definition) is 4. The van der Waals surface area contributed by atoms with E-state index in [1.54, 1.807) is 12.1 Å². The molecule has 1 amide bonds. The van der Waals surface area contributed by atoms with Gasteiger partial charge in [0.15, 0.2) is 0 Å². The maximum Gasteiger partial charge on any atom is 0.271 e. The molecule has 0 aromatic carbocycles. The van der Waals surface area contributed by atoms with Gasteiger partial charge in [0.2, 0.25) is 0 Å². The first-order valence-electron chi connectivity index (χ1n) is 6.62. The fourth-order valence-electron chi connectivity index (χ4n) is 2.39. The quantitative estimate of drug-likeness (QED) is 0.585. The normalized spacial score (nSPS) is 16.1. The average molecular weight is 283 g/mol. The van der Waals surface area contributed by atoms with Gasteiger partial charge in [-0.3, -0.25) is 4.79 Å². The van der Waals surface area contributed by atoms with E-state index in [2.05, 4.69) is 15.7 Å². The Hall–Kier alpha value is -1.33. The van der Waals surface area contributed by atoms with Crippen molar-refractivity contribution in [1.82, 2.24) is 10.3 Å². The van der Waals surface area contributed by atoms with Crippen molar-refractivity contribution in [3.05, 3.63) is 22.8 Å². The van der Waals surface area contributed by atoms with Crippen molar-refractivity contribution in [3.63, 3.8) is 0 Å². The summed E-state index contributed by atoms with van der Waals surface area (Å²) in [7, 11) is 0. The van der Waals surface area contributed by atoms with E-state index in [4.69, 9.17) is 17.4 Å². The Bertz CT molecular complexity index is 446. The van der Waals surface area contributed by atoms with Crippen molar-refractivity contribution in [3.8, 4) is 0 Å². The Labute approximate surface area is 117 Å². The molecule has 1 fully saturated rings. The molecular formula is C13H19ClN4O. The third-order valence-corrected chi connectivity index (χ3v) is 3.79. The lowest BCUT2D eigenvalue weighted by molar-refractivity contribution is 0.0939. The van der Waals surface area contributed by atoms with Crippen molar-refractivity contribution in [1.29, 1.82) is 0 Å². The Balaban J connectivity index is 1.95. The lowest BCUT2D eigenvalue weighted by Gasteiger charge is -2.21. The number of carbonyl (C=O) groups excluding carboxylic acids is 1. The third kappa shape index (κ3) is 3.81. The first kappa shape index (κ1) is 14.1. The number of nitrogen functional groups attached to an aromatic ring is 1. The van der Waals surface area contributed by atoms with Crippen LogP contribution in [0.5, 0.6) is 0 Å². The van der Waals surface area contributed by atoms with Crippen LogP contribution in [0.15, 0.2) is 12.1 Å². The highest BCUT2D eigenvalue weighted by Crippen LogP contribution is 2.23. The van der Waals surface area contributed by atoms with Crippen LogP contribution in [0.2, 0.25) is 5.02 Å². The van der Waals surface area contributed by atoms with E-state index in [9.17, 15) is 4.79 Å². The zero-order valence-electron chi connectivity index (χ0n) is 10.8. The Morgan fingerprint density at radius 2 is 2.11 bits per heavy atom. The second kappa shape index (κ2) is 6.73. The van der Waals surface area contributed by atoms with Crippen molar-refractivity contribution in [2.75, 3.05) is 12.0 Å². The number of carbonyl (C=O) groups is 1. The van der Waals surface area contributed by atoms with E-state index in [-0.39, 0.29) is 11.6 Å². The molecule has 1 aromatic heterocycles. The first-order valence-corrected chi connectivity index (χ1v) is 7.00. The van der Waals surface area contributed by atoms with Crippen molar-refractivity contribution < 1.29 is 4.79 Å². The lowest BCUT2D eigenvalue weighted by atomic mass is 9.89. The average Bonchev–Trinajstić information content (AvgIpc) is 2.46. The molecule has 1 heterocycles. The van der Waals surface area contributed by atoms with Crippen LogP contribution in [0.1, 0.15) is 42.6 Å². The molecule has 1 aliphatic carbocycles. The zero-order valence-corrected chi connectivity index (χ0v) is 11.5. The van der Waals surface area contributed by atoms with E-state index in [1.165, 1.54) is 32.1 Å². The highest BCUT2D eigenvalue weighted by Gasteiger charge is 2.17. The first-order chi connectivity index (χ1) is 9.20. The minimum absolute atomic E-state index is 0.216. The van der Waals surface area contributed by atoms with Gasteiger partial charge in [-0.05, 0) is 30.9 Å². The van der Waals surface area contributed by atoms with Gasteiger partial charge in [0.25, 0.3) is 5.91 Å². The predicted octanol–water partition coefficient (Wildman–Crippen LogP) is 2.33. The molecule has 4 N–H and O–H groups in total. The highest BCUT2D eigenvalue weighted by molar-refractivity contribution is 6.33. The van der Waals surface area contributed by atoms with Gasteiger partial charge in [-0.25, -0.2) is 10.8 Å². The van der Waals surface area contributed by atoms with E-state index in [1.807, 2.05) is 0 Å². The highest BCUT2D eigenvalue weighted by atomic mass is 35.5. The molecule has 104 valence electrons. The lowest BCUT2D eigenvalue weighted by Crippen LogP contribution is -2.31. The van der Waals surface area contributed by atoms with Gasteiger partial charge in [-0.15, -0.1) is 0 Å². The van der Waals surface area contributed by atoms with Crippen LogP contribution >= 0.6 is 11.6 Å². The third-order valence-electron chi connectivity index (χ3n) is 3.49. The SMILES string of the molecule is NNc1ccc(Cl)c(C(=O)NCC2CCCCC2)n1. The summed E-state index contributed by atoms with van der Waals surface area (Å²) < 4.78 is 0. The van der Waals surface area contributed by atoms with Crippen LogP contribution in [-0.4, -0.2) is 17.4 Å². The molecule has 6 heteroatoms. The second-order valence-electron chi connectivity index (χ2n) is 4.89. The van der Waals surface area contributed by atoms with Crippen molar-refractivity contribution in [2.45, 2.75) is 32.1 Å². The molecule has 0 unspecified atom stereocenters. The van der Waals surface area contributed by atoms with Crippen LogP contribution in [0.4, 0.5) is 5.82 Å². The summed E-state index contributed by atoms with van der Waals surface area (Å²) in [4.78, 5) is 16.1. The summed E-state index contributed by atoms with van der Waals surface area (Å²) in [5.41, 5.74) is 2.62. The van der Waals surface area contributed by atoms with Crippen molar-refractivity contribution in [2.24, 2.45) is 11.8 Å². The Morgan fingerprint density at radius 3 is 2.79 bits per heavy atom. The van der Waals surface area contributed by atoms with Gasteiger partial charge in [-0.1, -0.05) is 30.9 Å². The van der Waals surface area contributed by atoms with Gasteiger partial charge in [0.1, 0.15) is 11.5 Å². The molecule has 0 radical (unpaired) electrons. The van der Waals surface area contributed by atoms with Crippen LogP contribution in [0.25, 0.3) is 0 Å². The molecule has 5 nitrogen and oxygen atoms in total. The van der Waals surface area contributed by atoms with E-state index in [0.717, 1.165) is 0 Å². The molecule has 0 atom stereocenters. The molecule has 0 aliphatic heterocycles. The number of anilines is 1. The number of rotatable bonds is 4. The molecular weight excluding hydrogens is 264 g/mol. The molecule has 1 aromatic rings. The van der Waals surface area contributed by atoms with Crippen LogP contribution in [0.3, 0.4) is 0 Å². The molecule has 0 spiro atoms. The monoisotopic (exact) mass is 282 g/mol. The van der Waals surface area contributed by atoms with Gasteiger partial charge in [0, 0.05) is 6.54 Å². The standard InChI is InChI=1S/C13H19ClN4O/c14-10-6-7-11(18-15)17-12(10)13(19)16-8-9-4-2-1-3-5-9/h6-7,9H,1-5,8,15H2,(H,16,19)(H,17,18). The summed E-state index contributed by atoms with van der Waals surface area (Å²) in [6.07, 6.45) is 6.19. The topological polar surface area (TPSA) is 80.0 Å². The molecule has 2 rings (SSSR count). The minimum atomic E-state index is -0.243. The number of halogens is 1. The summed E-state index contributed by atoms with van der Waals surface area (Å²) in [5.74, 6) is 6.03. The molecule has 19 heavy (non-hydrogen) atoms. The number of amides is 1. The van der Waals surface area contributed by atoms with Gasteiger partial charge in [-0.2, -0.15) is 0 Å². The molecule has 0 saturated heterocycles. The largest absolute Gasteiger partial charge is 0.350 e. The van der Waals surface area contributed by atoms with E-state index >= 15 is 0 Å². The predicted molar refractivity (Wildman–Crippen MR) is 76.0 cm³/mol. The zero-order chi connectivity index (χ0) is 13.7. The summed E-state index contributed by atoms with van der Waals surface area (Å²) >= 11 is 5.98. The summed E-state index contributed by atoms with van der Waals surface area (Å²) in [6.45, 7) is 0.692. The second-order valence-corrected chi connectivity index (χ2v) is 5.29. The smallest absolute Gasteiger partial charge is 0.271 e. The minimum Gasteiger partial charge on any atom is -0.350 e. The fraction of sp³-hybridized carbons (Fsp3) is 0.538. The van der Waals surface area contributed by atoms with Crippen LogP contribution < -0.4 is 16.6 Å². The molecule has 1 saturated carbocycles. The molecule has 0 bridgehead atoms. The Morgan fingerprint density at radius 1 is 1.37 bits per heavy atom. The number of hydrazine groups is 1. The van der Waals surface area contributed by atoms with Gasteiger partial charge in [0.05, 0.1) is 5.02 Å². The van der Waals surface area contributed by atoms with E-state index < -0.39 is 0 Å². The maximum absolute atomic E-state index is 12.0. The Kier molecular flexibility index (Phi) is 4.99. The fourth-order valence-corrected chi connectivity index (χ4v) is 2.58. The van der Waals surface area contributed by atoms with Gasteiger partial charge < -0.3 is 10.7 Å². The molecule has 1 aliphatic rings. The number of hydrogen-bond donors (Lipinski definition) is 3. The number of nitrogens with two attached hydrogens (primary N) is 1. The number of aromatic nitrogens is 1. The maximum atomic E-state index is 12.0. The van der Waals surface area contributed by atoms with Crippen LogP contribution in [0, 0.1) is 5.92 Å². The number of nitrogens with zero attached hydrogens (tertiary/aromatic N) is 1. The summed E-state index contributed by atoms with van der Waals surface area (Å²) in [6, 6.07) is 3.24. The van der Waals surface area contributed by atoms with Crippen molar-refractivity contribution >= 4 is 23.3 Å². The summed E-state index contributed by atoms with van der Waals surface area (Å²) in [5, 5.41) is 3.24. The van der Waals surface area contributed by atoms with Crippen LogP contribution in [-0.2, 0) is 0 Å². The van der Waals surface area contributed by atoms with Gasteiger partial charge >= 0.3 is 0 Å². The number of pyridine rings is 1. The number of nitrogens with one attached hydrogen (secondary N) is 2. The van der Waals surface area contributed by atoms with E-state index in [0.29, 0.717) is 23.3 Å².